The van der Waals surface area contributed by atoms with Crippen LogP contribution in [0.3, 0.4) is 0 Å². The zero-order valence-corrected chi connectivity index (χ0v) is 12.5. The second kappa shape index (κ2) is 6.19. The minimum atomic E-state index is 0.302. The fraction of sp³-hybridized carbons (Fsp3) is 0.571. The van der Waals surface area contributed by atoms with Crippen LogP contribution < -0.4 is 14.8 Å². The van der Waals surface area contributed by atoms with E-state index >= 15 is 0 Å². The third-order valence-electron chi connectivity index (χ3n) is 2.66. The van der Waals surface area contributed by atoms with Gasteiger partial charge in [0, 0.05) is 18.7 Å². The van der Waals surface area contributed by atoms with Crippen LogP contribution >= 0.6 is 11.6 Å². The van der Waals surface area contributed by atoms with Gasteiger partial charge in [0.25, 0.3) is 0 Å². The first-order valence-electron chi connectivity index (χ1n) is 6.03. The zero-order valence-electron chi connectivity index (χ0n) is 11.8. The van der Waals surface area contributed by atoms with E-state index in [0.717, 1.165) is 18.7 Å². The van der Waals surface area contributed by atoms with E-state index in [0.29, 0.717) is 21.9 Å². The van der Waals surface area contributed by atoms with Crippen LogP contribution in [0.2, 0.25) is 5.02 Å². The summed E-state index contributed by atoms with van der Waals surface area (Å²) in [4.78, 5) is 0. The Morgan fingerprint density at radius 1 is 1.11 bits per heavy atom. The molecule has 1 rings (SSSR count). The quantitative estimate of drug-likeness (QED) is 0.870. The molecule has 1 aromatic carbocycles. The number of rotatable bonds is 5. The molecule has 102 valence electrons. The summed E-state index contributed by atoms with van der Waals surface area (Å²) in [6.07, 6.45) is 1.07. The second-order valence-electron chi connectivity index (χ2n) is 5.42. The molecule has 0 atom stereocenters. The largest absolute Gasteiger partial charge is 0.493 e. The molecule has 0 aliphatic heterocycles. The van der Waals surface area contributed by atoms with Gasteiger partial charge in [-0.05, 0) is 11.8 Å². The predicted octanol–water partition coefficient (Wildman–Crippen LogP) is 4.21. The highest BCUT2D eigenvalue weighted by molar-refractivity contribution is 6.33. The summed E-state index contributed by atoms with van der Waals surface area (Å²) in [5.74, 6) is 1.32. The van der Waals surface area contributed by atoms with E-state index in [9.17, 15) is 0 Å². The van der Waals surface area contributed by atoms with Gasteiger partial charge < -0.3 is 14.8 Å². The summed E-state index contributed by atoms with van der Waals surface area (Å²) in [6.45, 7) is 7.51. The number of methoxy groups -OCH3 is 2. The molecular weight excluding hydrogens is 250 g/mol. The fourth-order valence-corrected chi connectivity index (χ4v) is 1.78. The summed E-state index contributed by atoms with van der Waals surface area (Å²) in [6, 6.07) is 3.63. The van der Waals surface area contributed by atoms with Crippen LogP contribution in [0.5, 0.6) is 11.5 Å². The molecule has 0 aliphatic rings. The summed E-state index contributed by atoms with van der Waals surface area (Å²) in [5, 5.41) is 3.97. The molecule has 4 heteroatoms. The Balaban J connectivity index is 2.77. The maximum absolute atomic E-state index is 6.19. The van der Waals surface area contributed by atoms with Gasteiger partial charge in [0.1, 0.15) is 0 Å². The average molecular weight is 272 g/mol. The Kier molecular flexibility index (Phi) is 5.15. The second-order valence-corrected chi connectivity index (χ2v) is 5.83. The Bertz CT molecular complexity index is 400. The Morgan fingerprint density at radius 2 is 1.67 bits per heavy atom. The predicted molar refractivity (Wildman–Crippen MR) is 77.1 cm³/mol. The molecule has 0 heterocycles. The van der Waals surface area contributed by atoms with Crippen LogP contribution in [0.4, 0.5) is 5.69 Å². The molecule has 0 radical (unpaired) electrons. The van der Waals surface area contributed by atoms with Gasteiger partial charge >= 0.3 is 0 Å². The lowest BCUT2D eigenvalue weighted by Crippen LogP contribution is -2.13. The SMILES string of the molecule is COc1cc(Cl)c(NCCC(C)(C)C)cc1OC. The van der Waals surface area contributed by atoms with Crippen LogP contribution in [0.1, 0.15) is 27.2 Å². The maximum Gasteiger partial charge on any atom is 0.162 e. The van der Waals surface area contributed by atoms with E-state index in [4.69, 9.17) is 21.1 Å². The van der Waals surface area contributed by atoms with Crippen LogP contribution in [0, 0.1) is 5.41 Å². The lowest BCUT2D eigenvalue weighted by Gasteiger charge is -2.19. The Hall–Kier alpha value is -1.09. The van der Waals surface area contributed by atoms with Crippen molar-refractivity contribution in [3.8, 4) is 11.5 Å². The number of ether oxygens (including phenoxy) is 2. The molecule has 0 bridgehead atoms. The van der Waals surface area contributed by atoms with Gasteiger partial charge in [-0.15, -0.1) is 0 Å². The van der Waals surface area contributed by atoms with E-state index in [1.165, 1.54) is 0 Å². The number of benzene rings is 1. The van der Waals surface area contributed by atoms with Gasteiger partial charge in [-0.25, -0.2) is 0 Å². The minimum Gasteiger partial charge on any atom is -0.493 e. The molecule has 18 heavy (non-hydrogen) atoms. The summed E-state index contributed by atoms with van der Waals surface area (Å²) in [5.41, 5.74) is 1.18. The van der Waals surface area contributed by atoms with Crippen molar-refractivity contribution in [3.63, 3.8) is 0 Å². The standard InChI is InChI=1S/C14H22ClNO2/c1-14(2,3)6-7-16-11-9-13(18-5)12(17-4)8-10(11)15/h8-9,16H,6-7H2,1-5H3. The average Bonchev–Trinajstić information content (AvgIpc) is 2.29. The van der Waals surface area contributed by atoms with E-state index in [1.54, 1.807) is 20.3 Å². The summed E-state index contributed by atoms with van der Waals surface area (Å²) >= 11 is 6.19. The van der Waals surface area contributed by atoms with Crippen molar-refractivity contribution in [3.05, 3.63) is 17.2 Å². The number of nitrogens with one attached hydrogen (secondary N) is 1. The molecule has 3 nitrogen and oxygen atoms in total. The van der Waals surface area contributed by atoms with Crippen molar-refractivity contribution < 1.29 is 9.47 Å². The molecule has 1 N–H and O–H groups in total. The molecule has 1 aromatic rings. The molecule has 0 unspecified atom stereocenters. The van der Waals surface area contributed by atoms with Gasteiger partial charge in [0.05, 0.1) is 24.9 Å². The van der Waals surface area contributed by atoms with Crippen LogP contribution in [-0.2, 0) is 0 Å². The van der Waals surface area contributed by atoms with Crippen molar-refractivity contribution in [2.45, 2.75) is 27.2 Å². The molecular formula is C14H22ClNO2. The van der Waals surface area contributed by atoms with Gasteiger partial charge in [0.2, 0.25) is 0 Å². The summed E-state index contributed by atoms with van der Waals surface area (Å²) in [7, 11) is 3.21. The van der Waals surface area contributed by atoms with Gasteiger partial charge in [0.15, 0.2) is 11.5 Å². The normalized spacial score (nSPS) is 11.2. The number of halogens is 1. The zero-order chi connectivity index (χ0) is 13.8. The maximum atomic E-state index is 6.19. The molecule has 0 spiro atoms. The lowest BCUT2D eigenvalue weighted by molar-refractivity contribution is 0.355. The van der Waals surface area contributed by atoms with Gasteiger partial charge in [-0.3, -0.25) is 0 Å². The van der Waals surface area contributed by atoms with Crippen LogP contribution in [0.15, 0.2) is 12.1 Å². The highest BCUT2D eigenvalue weighted by Crippen LogP contribution is 2.36. The first kappa shape index (κ1) is 15.0. The van der Waals surface area contributed by atoms with E-state index in [-0.39, 0.29) is 0 Å². The smallest absolute Gasteiger partial charge is 0.162 e. The first-order chi connectivity index (χ1) is 8.37. The molecule has 0 amide bonds. The van der Waals surface area contributed by atoms with Gasteiger partial charge in [-0.2, -0.15) is 0 Å². The number of hydrogen-bond donors (Lipinski definition) is 1. The first-order valence-corrected chi connectivity index (χ1v) is 6.40. The van der Waals surface area contributed by atoms with Crippen LogP contribution in [0.25, 0.3) is 0 Å². The highest BCUT2D eigenvalue weighted by atomic mass is 35.5. The molecule has 0 saturated carbocycles. The van der Waals surface area contributed by atoms with Crippen molar-refractivity contribution >= 4 is 17.3 Å². The fourth-order valence-electron chi connectivity index (χ4n) is 1.56. The van der Waals surface area contributed by atoms with Crippen molar-refractivity contribution in [1.82, 2.24) is 0 Å². The highest BCUT2D eigenvalue weighted by Gasteiger charge is 2.12. The van der Waals surface area contributed by atoms with E-state index in [2.05, 4.69) is 26.1 Å². The number of anilines is 1. The van der Waals surface area contributed by atoms with Crippen LogP contribution in [-0.4, -0.2) is 20.8 Å². The molecule has 0 fully saturated rings. The third kappa shape index (κ3) is 4.30. The van der Waals surface area contributed by atoms with Crippen molar-refractivity contribution in [2.75, 3.05) is 26.1 Å². The molecule has 0 saturated heterocycles. The van der Waals surface area contributed by atoms with Crippen molar-refractivity contribution in [1.29, 1.82) is 0 Å². The Labute approximate surface area is 114 Å². The Morgan fingerprint density at radius 3 is 2.17 bits per heavy atom. The number of hydrogen-bond acceptors (Lipinski definition) is 3. The third-order valence-corrected chi connectivity index (χ3v) is 2.98. The minimum absolute atomic E-state index is 0.302. The topological polar surface area (TPSA) is 30.5 Å². The van der Waals surface area contributed by atoms with Crippen molar-refractivity contribution in [2.24, 2.45) is 5.41 Å². The van der Waals surface area contributed by atoms with E-state index in [1.807, 2.05) is 6.07 Å². The molecule has 0 aromatic heterocycles. The lowest BCUT2D eigenvalue weighted by atomic mass is 9.92. The van der Waals surface area contributed by atoms with E-state index < -0.39 is 0 Å². The monoisotopic (exact) mass is 271 g/mol. The molecule has 0 aliphatic carbocycles. The summed E-state index contributed by atoms with van der Waals surface area (Å²) < 4.78 is 10.4. The van der Waals surface area contributed by atoms with Gasteiger partial charge in [-0.1, -0.05) is 32.4 Å².